The number of benzene rings is 7. The third-order valence-electron chi connectivity index (χ3n) is 8.73. The van der Waals surface area contributed by atoms with E-state index in [9.17, 15) is 132 Å². The maximum Gasteiger partial charge on any atom is 3.00 e. The average Bonchev–Trinajstić information content (AvgIpc) is 3.40. The van der Waals surface area contributed by atoms with Gasteiger partial charge in [0.15, 0.2) is 105 Å². The summed E-state index contributed by atoms with van der Waals surface area (Å²) in [5, 5.41) is 7.11. The molecule has 0 aliphatic rings. The third-order valence-corrected chi connectivity index (χ3v) is 8.73. The molecule has 7 rings (SSSR count). The summed E-state index contributed by atoms with van der Waals surface area (Å²) in [6, 6.07) is 10.3. The van der Waals surface area contributed by atoms with Crippen molar-refractivity contribution in [3.05, 3.63) is 226 Å². The molecule has 77 heavy (non-hydrogen) atoms. The Morgan fingerprint density at radius 3 is 0.377 bits per heavy atom. The number of rotatable bonds is 6. The summed E-state index contributed by atoms with van der Waals surface area (Å²) in [5.74, 6) is -76.9. The molecule has 409 valence electrons. The second-order valence-electron chi connectivity index (χ2n) is 13.5. The van der Waals surface area contributed by atoms with E-state index < -0.39 is 209 Å². The molecule has 0 fully saturated rings. The molecule has 3 nitrogen and oxygen atoms in total. The quantitative estimate of drug-likeness (QED) is 0.0905. The van der Waals surface area contributed by atoms with Crippen LogP contribution in [0.15, 0.2) is 30.3 Å². The van der Waals surface area contributed by atoms with Gasteiger partial charge >= 0.3 is 40.8 Å². The fourth-order valence-corrected chi connectivity index (χ4v) is 5.02. The molecule has 0 saturated heterocycles. The van der Waals surface area contributed by atoms with Crippen LogP contribution in [0.3, 0.4) is 0 Å². The van der Waals surface area contributed by atoms with Crippen molar-refractivity contribution in [2.45, 2.75) is 6.92 Å². The minimum atomic E-state index is -2.59. The molecule has 7 aromatic carbocycles. The molecule has 0 bridgehead atoms. The van der Waals surface area contributed by atoms with Crippen molar-refractivity contribution < 1.29 is 173 Å². The maximum absolute atomic E-state index is 13.3. The molecule has 0 amide bonds. The van der Waals surface area contributed by atoms with E-state index in [-0.39, 0.29) is 40.8 Å². The van der Waals surface area contributed by atoms with Crippen LogP contribution in [0.2, 0.25) is 0 Å². The molecular formula is C43H8F30N3Nd. The van der Waals surface area contributed by atoms with Gasteiger partial charge in [-0.15, -0.1) is 0 Å². The number of hydrogen-bond donors (Lipinski definition) is 0. The van der Waals surface area contributed by atoms with Crippen LogP contribution in [0.25, 0.3) is 16.0 Å². The summed E-state index contributed by atoms with van der Waals surface area (Å²) in [4.78, 5) is 0. The fourth-order valence-electron chi connectivity index (χ4n) is 5.02. The van der Waals surface area contributed by atoms with Gasteiger partial charge in [0.1, 0.15) is 69.8 Å². The Morgan fingerprint density at radius 1 is 0.182 bits per heavy atom. The smallest absolute Gasteiger partial charge is 0.648 e. The fraction of sp³-hybridized carbons (Fsp3) is 0.0233. The average molecular weight is 1280 g/mol. The zero-order valence-electron chi connectivity index (χ0n) is 35.6. The molecule has 0 spiro atoms. The molecular weight excluding hydrogens is 1270 g/mol. The van der Waals surface area contributed by atoms with Gasteiger partial charge < -0.3 is 16.0 Å². The van der Waals surface area contributed by atoms with Crippen molar-refractivity contribution in [3.63, 3.8) is 0 Å². The van der Waals surface area contributed by atoms with E-state index in [1.807, 2.05) is 18.2 Å². The number of hydrogen-bond acceptors (Lipinski definition) is 0. The predicted octanol–water partition coefficient (Wildman–Crippen LogP) is 18.2. The SMILES string of the molecule is Cc1ccccc1.Fc1c(F)c(F)c([N-]c2c(F)c(F)c(F)c(F)c2F)c(F)c1F.Fc1c(F)c(F)c([N-]c2c(F)c(F)c(F)c(F)c2F)c(F)c1F.Fc1c(F)c(F)c([N-]c2c(F)c(F)c(F)c(F)c2F)c(F)c1F.[Nd+3]. The normalized spacial score (nSPS) is 10.7. The third kappa shape index (κ3) is 12.6. The summed E-state index contributed by atoms with van der Waals surface area (Å²) in [5.41, 5.74) is -11.3. The van der Waals surface area contributed by atoms with Crippen molar-refractivity contribution in [2.75, 3.05) is 0 Å². The summed E-state index contributed by atoms with van der Waals surface area (Å²) in [6.07, 6.45) is 0. The molecule has 0 atom stereocenters. The minimum Gasteiger partial charge on any atom is -0.648 e. The van der Waals surface area contributed by atoms with Crippen LogP contribution in [-0.2, 0) is 0 Å². The van der Waals surface area contributed by atoms with Gasteiger partial charge in [0.25, 0.3) is 0 Å². The standard InChI is InChI=1S/3C12F10N.C7H8.Nd/c3*13-1-3(15)7(19)11(8(20)4(1)16)23-12-9(21)5(17)2(14)6(18)10(12)22;1-7-5-3-2-4-6-7;/h;;;2-6H,1H3;/q3*-1;;+3. The molecule has 1 radical (unpaired) electrons. The molecule has 0 unspecified atom stereocenters. The van der Waals surface area contributed by atoms with E-state index in [4.69, 9.17) is 0 Å². The molecule has 0 N–H and O–H groups in total. The first kappa shape index (κ1) is 64.5. The Kier molecular flexibility index (Phi) is 21.4. The Balaban J connectivity index is 0.000000283. The van der Waals surface area contributed by atoms with Crippen LogP contribution in [0.1, 0.15) is 5.56 Å². The van der Waals surface area contributed by atoms with Gasteiger partial charge in [0, 0.05) is 0 Å². The van der Waals surface area contributed by atoms with Gasteiger partial charge in [-0.05, 0) is 6.92 Å². The van der Waals surface area contributed by atoms with Gasteiger partial charge in [0.2, 0.25) is 0 Å². The summed E-state index contributed by atoms with van der Waals surface area (Å²) in [7, 11) is 0. The second kappa shape index (κ2) is 25.6. The van der Waals surface area contributed by atoms with Crippen LogP contribution in [-0.4, -0.2) is 0 Å². The second-order valence-corrected chi connectivity index (χ2v) is 13.5. The molecule has 0 aliphatic carbocycles. The van der Waals surface area contributed by atoms with Gasteiger partial charge in [0.05, 0.1) is 0 Å². The van der Waals surface area contributed by atoms with Gasteiger partial charge in [-0.1, -0.05) is 70.0 Å². The van der Waals surface area contributed by atoms with Crippen molar-refractivity contribution in [1.82, 2.24) is 0 Å². The minimum absolute atomic E-state index is 0. The summed E-state index contributed by atoms with van der Waals surface area (Å²) in [6.45, 7) is 2.08. The van der Waals surface area contributed by atoms with E-state index in [1.54, 1.807) is 0 Å². The van der Waals surface area contributed by atoms with E-state index in [2.05, 4.69) is 35.0 Å². The topological polar surface area (TPSA) is 42.3 Å². The van der Waals surface area contributed by atoms with E-state index in [1.165, 1.54) is 5.56 Å². The van der Waals surface area contributed by atoms with Gasteiger partial charge in [-0.25, -0.2) is 132 Å². The van der Waals surface area contributed by atoms with Crippen LogP contribution < -0.4 is 0 Å². The molecule has 0 saturated carbocycles. The number of nitrogens with zero attached hydrogens (tertiary/aromatic N) is 3. The first-order chi connectivity index (χ1) is 35.2. The van der Waals surface area contributed by atoms with Crippen LogP contribution in [0.5, 0.6) is 0 Å². The first-order valence-corrected chi connectivity index (χ1v) is 18.4. The van der Waals surface area contributed by atoms with Crippen molar-refractivity contribution >= 4 is 34.1 Å². The predicted molar refractivity (Wildman–Crippen MR) is 197 cm³/mol. The Hall–Kier alpha value is -6.81. The Bertz CT molecular complexity index is 2730. The monoisotopic (exact) mass is 1280 g/mol. The maximum atomic E-state index is 13.3. The molecule has 34 heteroatoms. The first-order valence-electron chi connectivity index (χ1n) is 18.4. The van der Waals surface area contributed by atoms with Crippen molar-refractivity contribution in [3.8, 4) is 0 Å². The zero-order valence-corrected chi connectivity index (χ0v) is 38.8. The number of aryl methyl sites for hydroxylation is 1. The van der Waals surface area contributed by atoms with Crippen molar-refractivity contribution in [1.29, 1.82) is 0 Å². The van der Waals surface area contributed by atoms with Gasteiger partial charge in [-0.3, -0.25) is 0 Å². The molecule has 7 aromatic rings. The summed E-state index contributed by atoms with van der Waals surface area (Å²) < 4.78 is 391. The van der Waals surface area contributed by atoms with Crippen LogP contribution in [0, 0.1) is 222 Å². The largest absolute Gasteiger partial charge is 3.00 e. The molecule has 0 aromatic heterocycles. The molecule has 0 heterocycles. The number of halogens is 30. The van der Waals surface area contributed by atoms with E-state index in [0.717, 1.165) is 0 Å². The molecule has 0 aliphatic heterocycles. The van der Waals surface area contributed by atoms with Gasteiger partial charge in [-0.2, -0.15) is 0 Å². The summed E-state index contributed by atoms with van der Waals surface area (Å²) >= 11 is 0. The Morgan fingerprint density at radius 2 is 0.286 bits per heavy atom. The van der Waals surface area contributed by atoms with E-state index >= 15 is 0 Å². The van der Waals surface area contributed by atoms with Crippen LogP contribution in [0.4, 0.5) is 166 Å². The zero-order chi connectivity index (χ0) is 58.0. The van der Waals surface area contributed by atoms with Crippen molar-refractivity contribution in [2.24, 2.45) is 0 Å². The Labute approximate surface area is 438 Å². The van der Waals surface area contributed by atoms with Crippen LogP contribution >= 0.6 is 0 Å². The van der Waals surface area contributed by atoms with E-state index in [0.29, 0.717) is 0 Å².